The minimum atomic E-state index is -0.00718. The molecule has 4 heteroatoms. The van der Waals surface area contributed by atoms with E-state index in [1.165, 1.54) is 0 Å². The third-order valence-corrected chi connectivity index (χ3v) is 3.32. The number of nitrogen functional groups attached to an aromatic ring is 1. The van der Waals surface area contributed by atoms with Gasteiger partial charge < -0.3 is 11.1 Å². The Balaban J connectivity index is 1.90. The SMILES string of the molecule is Cc1cc(Cl)ccc1NC(=O)CCc1ccc(N)cc1. The van der Waals surface area contributed by atoms with E-state index in [9.17, 15) is 4.79 Å². The predicted molar refractivity (Wildman–Crippen MR) is 84.0 cm³/mol. The summed E-state index contributed by atoms with van der Waals surface area (Å²) in [6.07, 6.45) is 1.13. The predicted octanol–water partition coefficient (Wildman–Crippen LogP) is 3.80. The number of halogens is 1. The fourth-order valence-electron chi connectivity index (χ4n) is 1.92. The lowest BCUT2D eigenvalue weighted by atomic mass is 10.1. The smallest absolute Gasteiger partial charge is 0.224 e. The van der Waals surface area contributed by atoms with Crippen LogP contribution in [0, 0.1) is 6.92 Å². The van der Waals surface area contributed by atoms with E-state index in [2.05, 4.69) is 5.32 Å². The summed E-state index contributed by atoms with van der Waals surface area (Å²) in [6.45, 7) is 1.92. The van der Waals surface area contributed by atoms with Gasteiger partial charge in [-0.2, -0.15) is 0 Å². The van der Waals surface area contributed by atoms with Crippen molar-refractivity contribution in [3.05, 3.63) is 58.6 Å². The van der Waals surface area contributed by atoms with Gasteiger partial charge in [-0.1, -0.05) is 23.7 Å². The van der Waals surface area contributed by atoms with Crippen LogP contribution in [0.15, 0.2) is 42.5 Å². The summed E-state index contributed by atoms with van der Waals surface area (Å²) < 4.78 is 0. The summed E-state index contributed by atoms with van der Waals surface area (Å²) in [4.78, 5) is 11.9. The number of nitrogens with one attached hydrogen (secondary N) is 1. The molecule has 0 radical (unpaired) electrons. The number of nitrogens with two attached hydrogens (primary N) is 1. The Morgan fingerprint density at radius 2 is 1.90 bits per heavy atom. The number of benzene rings is 2. The van der Waals surface area contributed by atoms with Crippen LogP contribution in [-0.2, 0) is 11.2 Å². The summed E-state index contributed by atoms with van der Waals surface area (Å²) in [5.41, 5.74) is 9.21. The number of rotatable bonds is 4. The van der Waals surface area contributed by atoms with Crippen LogP contribution in [0.4, 0.5) is 11.4 Å². The minimum Gasteiger partial charge on any atom is -0.399 e. The fraction of sp³-hybridized carbons (Fsp3) is 0.188. The molecule has 0 bridgehead atoms. The number of anilines is 2. The topological polar surface area (TPSA) is 55.1 Å². The van der Waals surface area contributed by atoms with Gasteiger partial charge in [0.1, 0.15) is 0 Å². The molecular formula is C16H17ClN2O. The van der Waals surface area contributed by atoms with Crippen LogP contribution >= 0.6 is 11.6 Å². The maximum atomic E-state index is 11.9. The van der Waals surface area contributed by atoms with Gasteiger partial charge in [0, 0.05) is 22.8 Å². The Bertz CT molecular complexity index is 608. The first-order chi connectivity index (χ1) is 9.54. The molecule has 0 atom stereocenters. The van der Waals surface area contributed by atoms with E-state index in [1.807, 2.05) is 43.3 Å². The van der Waals surface area contributed by atoms with Gasteiger partial charge in [0.2, 0.25) is 5.91 Å². The number of amides is 1. The van der Waals surface area contributed by atoms with E-state index < -0.39 is 0 Å². The average molecular weight is 289 g/mol. The van der Waals surface area contributed by atoms with Crippen LogP contribution in [0.25, 0.3) is 0 Å². The second kappa shape index (κ2) is 6.44. The maximum Gasteiger partial charge on any atom is 0.224 e. The van der Waals surface area contributed by atoms with Crippen molar-refractivity contribution >= 4 is 28.9 Å². The summed E-state index contributed by atoms with van der Waals surface area (Å²) in [6, 6.07) is 13.0. The Labute approximate surface area is 123 Å². The Morgan fingerprint density at radius 3 is 2.55 bits per heavy atom. The zero-order valence-corrected chi connectivity index (χ0v) is 12.1. The summed E-state index contributed by atoms with van der Waals surface area (Å²) in [5, 5.41) is 3.57. The second-order valence-corrected chi connectivity index (χ2v) is 5.19. The lowest BCUT2D eigenvalue weighted by Crippen LogP contribution is -2.13. The molecule has 104 valence electrons. The first-order valence-corrected chi connectivity index (χ1v) is 6.83. The average Bonchev–Trinajstić information content (AvgIpc) is 2.41. The van der Waals surface area contributed by atoms with Crippen LogP contribution in [0.3, 0.4) is 0 Å². The monoisotopic (exact) mass is 288 g/mol. The van der Waals surface area contributed by atoms with Crippen LogP contribution in [0.2, 0.25) is 5.02 Å². The first-order valence-electron chi connectivity index (χ1n) is 6.45. The largest absolute Gasteiger partial charge is 0.399 e. The molecule has 0 aliphatic heterocycles. The van der Waals surface area contributed by atoms with E-state index in [4.69, 9.17) is 17.3 Å². The molecule has 3 nitrogen and oxygen atoms in total. The maximum absolute atomic E-state index is 11.9. The molecule has 1 amide bonds. The molecule has 0 fully saturated rings. The van der Waals surface area contributed by atoms with E-state index in [1.54, 1.807) is 6.07 Å². The quantitative estimate of drug-likeness (QED) is 0.841. The van der Waals surface area contributed by atoms with E-state index in [0.717, 1.165) is 22.5 Å². The summed E-state index contributed by atoms with van der Waals surface area (Å²) in [5.74, 6) is -0.00718. The summed E-state index contributed by atoms with van der Waals surface area (Å²) >= 11 is 5.88. The van der Waals surface area contributed by atoms with Gasteiger partial charge in [-0.3, -0.25) is 4.79 Å². The van der Waals surface area contributed by atoms with Crippen molar-refractivity contribution in [1.29, 1.82) is 0 Å². The van der Waals surface area contributed by atoms with Crippen LogP contribution in [0.5, 0.6) is 0 Å². The van der Waals surface area contributed by atoms with Crippen molar-refractivity contribution in [2.24, 2.45) is 0 Å². The highest BCUT2D eigenvalue weighted by molar-refractivity contribution is 6.30. The van der Waals surface area contributed by atoms with Gasteiger partial charge in [0.05, 0.1) is 0 Å². The highest BCUT2D eigenvalue weighted by atomic mass is 35.5. The molecule has 2 aromatic carbocycles. The molecule has 0 saturated heterocycles. The number of aryl methyl sites for hydroxylation is 2. The Kier molecular flexibility index (Phi) is 4.64. The Hall–Kier alpha value is -2.00. The lowest BCUT2D eigenvalue weighted by molar-refractivity contribution is -0.116. The normalized spacial score (nSPS) is 10.3. The van der Waals surface area contributed by atoms with Crippen molar-refractivity contribution in [3.8, 4) is 0 Å². The minimum absolute atomic E-state index is 0.00718. The van der Waals surface area contributed by atoms with Crippen molar-refractivity contribution < 1.29 is 4.79 Å². The highest BCUT2D eigenvalue weighted by Gasteiger charge is 2.05. The highest BCUT2D eigenvalue weighted by Crippen LogP contribution is 2.19. The zero-order valence-electron chi connectivity index (χ0n) is 11.3. The molecule has 3 N–H and O–H groups in total. The van der Waals surface area contributed by atoms with Gasteiger partial charge in [-0.25, -0.2) is 0 Å². The van der Waals surface area contributed by atoms with Gasteiger partial charge in [-0.15, -0.1) is 0 Å². The van der Waals surface area contributed by atoms with E-state index in [0.29, 0.717) is 17.9 Å². The fourth-order valence-corrected chi connectivity index (χ4v) is 2.15. The third-order valence-electron chi connectivity index (χ3n) is 3.08. The number of carbonyl (C=O) groups is 1. The van der Waals surface area contributed by atoms with Gasteiger partial charge in [-0.05, 0) is 54.8 Å². The molecule has 2 aromatic rings. The number of hydrogen-bond donors (Lipinski definition) is 2. The summed E-state index contributed by atoms with van der Waals surface area (Å²) in [7, 11) is 0. The molecule has 0 aromatic heterocycles. The van der Waals surface area contributed by atoms with Crippen molar-refractivity contribution in [1.82, 2.24) is 0 Å². The molecule has 2 rings (SSSR count). The molecule has 0 saturated carbocycles. The third kappa shape index (κ3) is 4.00. The zero-order chi connectivity index (χ0) is 14.5. The van der Waals surface area contributed by atoms with E-state index in [-0.39, 0.29) is 5.91 Å². The number of hydrogen-bond acceptors (Lipinski definition) is 2. The van der Waals surface area contributed by atoms with E-state index >= 15 is 0 Å². The molecule has 0 unspecified atom stereocenters. The van der Waals surface area contributed by atoms with Crippen molar-refractivity contribution in [3.63, 3.8) is 0 Å². The van der Waals surface area contributed by atoms with Gasteiger partial charge >= 0.3 is 0 Å². The standard InChI is InChI=1S/C16H17ClN2O/c1-11-10-13(17)5-8-15(11)19-16(20)9-4-12-2-6-14(18)7-3-12/h2-3,5-8,10H,4,9,18H2,1H3,(H,19,20). The van der Waals surface area contributed by atoms with Gasteiger partial charge in [0.25, 0.3) is 0 Å². The van der Waals surface area contributed by atoms with Crippen molar-refractivity contribution in [2.45, 2.75) is 19.8 Å². The molecule has 20 heavy (non-hydrogen) atoms. The number of carbonyl (C=O) groups excluding carboxylic acids is 1. The van der Waals surface area contributed by atoms with Crippen LogP contribution in [-0.4, -0.2) is 5.91 Å². The molecule has 0 aliphatic rings. The van der Waals surface area contributed by atoms with Crippen LogP contribution < -0.4 is 11.1 Å². The van der Waals surface area contributed by atoms with Crippen molar-refractivity contribution in [2.75, 3.05) is 11.1 Å². The molecule has 0 heterocycles. The second-order valence-electron chi connectivity index (χ2n) is 4.75. The molecule has 0 aliphatic carbocycles. The molecule has 0 spiro atoms. The lowest BCUT2D eigenvalue weighted by Gasteiger charge is -2.08. The van der Waals surface area contributed by atoms with Gasteiger partial charge in [0.15, 0.2) is 0 Å². The van der Waals surface area contributed by atoms with Crippen LogP contribution in [0.1, 0.15) is 17.5 Å². The Morgan fingerprint density at radius 1 is 1.20 bits per heavy atom. The molecular weight excluding hydrogens is 272 g/mol. The first kappa shape index (κ1) is 14.4.